The zero-order valence-electron chi connectivity index (χ0n) is 8.95. The third-order valence-corrected chi connectivity index (χ3v) is 3.42. The molecular formula is C12H11FO2S. The van der Waals surface area contributed by atoms with E-state index in [9.17, 15) is 9.18 Å². The lowest BCUT2D eigenvalue weighted by Gasteiger charge is -2.13. The Hall–Kier alpha value is -1.42. The van der Waals surface area contributed by atoms with E-state index in [1.165, 1.54) is 31.3 Å². The van der Waals surface area contributed by atoms with Gasteiger partial charge in [0, 0.05) is 15.6 Å². The molecule has 2 nitrogen and oxygen atoms in total. The number of rotatable bonds is 2. The number of fused-ring (bicyclic) bond motifs is 1. The molecule has 4 heteroatoms. The van der Waals surface area contributed by atoms with Crippen LogP contribution in [0, 0.1) is 0 Å². The van der Waals surface area contributed by atoms with Crippen molar-refractivity contribution in [2.75, 3.05) is 0 Å². The third kappa shape index (κ3) is 1.69. The molecule has 0 saturated heterocycles. The first-order chi connectivity index (χ1) is 7.41. The van der Waals surface area contributed by atoms with E-state index in [4.69, 9.17) is 5.11 Å². The molecule has 1 heterocycles. The van der Waals surface area contributed by atoms with Crippen LogP contribution in [0.3, 0.4) is 0 Å². The number of thiophene rings is 1. The Morgan fingerprint density at radius 1 is 1.44 bits per heavy atom. The summed E-state index contributed by atoms with van der Waals surface area (Å²) in [6, 6.07) is 4.99. The van der Waals surface area contributed by atoms with Crippen LogP contribution in [0.2, 0.25) is 0 Å². The lowest BCUT2D eigenvalue weighted by atomic mass is 9.96. The highest BCUT2D eigenvalue weighted by molar-refractivity contribution is 7.17. The van der Waals surface area contributed by atoms with E-state index in [1.54, 1.807) is 11.4 Å². The van der Waals surface area contributed by atoms with Crippen molar-refractivity contribution in [3.63, 3.8) is 0 Å². The van der Waals surface area contributed by atoms with Gasteiger partial charge in [-0.25, -0.2) is 9.18 Å². The topological polar surface area (TPSA) is 37.3 Å². The van der Waals surface area contributed by atoms with Crippen molar-refractivity contribution < 1.29 is 14.3 Å². The van der Waals surface area contributed by atoms with Crippen LogP contribution in [-0.2, 0) is 5.67 Å². The van der Waals surface area contributed by atoms with Crippen LogP contribution in [-0.4, -0.2) is 11.1 Å². The Morgan fingerprint density at radius 3 is 2.69 bits per heavy atom. The van der Waals surface area contributed by atoms with Gasteiger partial charge in [0.25, 0.3) is 0 Å². The minimum absolute atomic E-state index is 0.166. The second-order valence-corrected chi connectivity index (χ2v) is 5.02. The number of benzene rings is 1. The largest absolute Gasteiger partial charge is 0.478 e. The highest BCUT2D eigenvalue weighted by atomic mass is 32.1. The first-order valence-corrected chi connectivity index (χ1v) is 5.72. The van der Waals surface area contributed by atoms with Gasteiger partial charge in [-0.1, -0.05) is 6.07 Å². The fraction of sp³-hybridized carbons (Fsp3) is 0.250. The number of hydrogen-bond donors (Lipinski definition) is 1. The Kier molecular flexibility index (Phi) is 2.46. The highest BCUT2D eigenvalue weighted by Crippen LogP contribution is 2.37. The lowest BCUT2D eigenvalue weighted by Crippen LogP contribution is -2.09. The summed E-state index contributed by atoms with van der Waals surface area (Å²) in [6.07, 6.45) is 0. The molecule has 84 valence electrons. The van der Waals surface area contributed by atoms with Gasteiger partial charge in [-0.05, 0) is 31.4 Å². The highest BCUT2D eigenvalue weighted by Gasteiger charge is 2.25. The van der Waals surface area contributed by atoms with Crippen LogP contribution in [0.1, 0.15) is 29.8 Å². The predicted octanol–water partition coefficient (Wildman–Crippen LogP) is 3.80. The standard InChI is InChI=1S/C12H11FO2S/c1-12(2,13)8-6-16-9-5-3-4-7(10(8)9)11(14)15/h3-6H,1-2H3,(H,14,15). The third-order valence-electron chi connectivity index (χ3n) is 2.47. The first kappa shape index (κ1) is 11.1. The smallest absolute Gasteiger partial charge is 0.336 e. The van der Waals surface area contributed by atoms with Gasteiger partial charge >= 0.3 is 5.97 Å². The van der Waals surface area contributed by atoms with Crippen molar-refractivity contribution in [2.45, 2.75) is 19.5 Å². The van der Waals surface area contributed by atoms with Gasteiger partial charge in [-0.15, -0.1) is 11.3 Å². The molecule has 16 heavy (non-hydrogen) atoms. The fourth-order valence-electron chi connectivity index (χ4n) is 1.70. The van der Waals surface area contributed by atoms with Crippen molar-refractivity contribution in [1.29, 1.82) is 0 Å². The number of carboxylic acid groups (broad SMARTS) is 1. The molecule has 0 amide bonds. The molecule has 0 aliphatic heterocycles. The lowest BCUT2D eigenvalue weighted by molar-refractivity contribution is 0.0699. The number of carboxylic acids is 1. The van der Waals surface area contributed by atoms with Gasteiger partial charge in [0.15, 0.2) is 0 Å². The molecule has 0 spiro atoms. The summed E-state index contributed by atoms with van der Waals surface area (Å²) in [5, 5.41) is 11.3. The molecule has 0 aliphatic carbocycles. The molecule has 2 aromatic rings. The number of alkyl halides is 1. The zero-order valence-corrected chi connectivity index (χ0v) is 9.77. The fourth-order valence-corrected chi connectivity index (χ4v) is 2.84. The summed E-state index contributed by atoms with van der Waals surface area (Å²) >= 11 is 1.37. The van der Waals surface area contributed by atoms with Crippen molar-refractivity contribution in [1.82, 2.24) is 0 Å². The van der Waals surface area contributed by atoms with Crippen molar-refractivity contribution >= 4 is 27.4 Å². The Labute approximate surface area is 96.3 Å². The van der Waals surface area contributed by atoms with Crippen LogP contribution in [0.5, 0.6) is 0 Å². The van der Waals surface area contributed by atoms with E-state index in [-0.39, 0.29) is 5.56 Å². The van der Waals surface area contributed by atoms with E-state index in [2.05, 4.69) is 0 Å². The molecule has 2 rings (SSSR count). The minimum Gasteiger partial charge on any atom is -0.478 e. The SMILES string of the molecule is CC(C)(F)c1csc2cccc(C(=O)O)c12. The normalized spacial score (nSPS) is 11.9. The van der Waals surface area contributed by atoms with E-state index in [0.29, 0.717) is 10.9 Å². The Morgan fingerprint density at radius 2 is 2.12 bits per heavy atom. The summed E-state index contributed by atoms with van der Waals surface area (Å²) < 4.78 is 14.7. The van der Waals surface area contributed by atoms with Gasteiger partial charge in [0.05, 0.1) is 5.56 Å². The van der Waals surface area contributed by atoms with Gasteiger partial charge < -0.3 is 5.11 Å². The van der Waals surface area contributed by atoms with Gasteiger partial charge in [0.2, 0.25) is 0 Å². The maximum absolute atomic E-state index is 13.9. The van der Waals surface area contributed by atoms with Crippen molar-refractivity contribution in [3.8, 4) is 0 Å². The maximum atomic E-state index is 13.9. The number of carbonyl (C=O) groups is 1. The summed E-state index contributed by atoms with van der Waals surface area (Å²) in [5.41, 5.74) is -0.908. The van der Waals surface area contributed by atoms with Crippen LogP contribution >= 0.6 is 11.3 Å². The van der Waals surface area contributed by atoms with Gasteiger partial charge in [-0.2, -0.15) is 0 Å². The Balaban J connectivity index is 2.83. The van der Waals surface area contributed by atoms with Gasteiger partial charge in [0.1, 0.15) is 5.67 Å². The molecule has 0 radical (unpaired) electrons. The molecule has 0 atom stereocenters. The predicted molar refractivity (Wildman–Crippen MR) is 62.9 cm³/mol. The van der Waals surface area contributed by atoms with E-state index < -0.39 is 11.6 Å². The van der Waals surface area contributed by atoms with Crippen molar-refractivity contribution in [2.24, 2.45) is 0 Å². The molecule has 1 aromatic carbocycles. The van der Waals surface area contributed by atoms with Crippen LogP contribution in [0.15, 0.2) is 23.6 Å². The molecular weight excluding hydrogens is 227 g/mol. The summed E-state index contributed by atoms with van der Waals surface area (Å²) in [7, 11) is 0. The van der Waals surface area contributed by atoms with E-state index in [0.717, 1.165) is 4.70 Å². The molecule has 0 bridgehead atoms. The van der Waals surface area contributed by atoms with Crippen molar-refractivity contribution in [3.05, 3.63) is 34.7 Å². The second kappa shape index (κ2) is 3.56. The molecule has 0 saturated carbocycles. The molecule has 1 aromatic heterocycles. The first-order valence-electron chi connectivity index (χ1n) is 4.84. The van der Waals surface area contributed by atoms with Gasteiger partial charge in [-0.3, -0.25) is 0 Å². The van der Waals surface area contributed by atoms with Crippen LogP contribution in [0.25, 0.3) is 10.1 Å². The zero-order chi connectivity index (χ0) is 11.9. The monoisotopic (exact) mass is 238 g/mol. The van der Waals surface area contributed by atoms with E-state index in [1.807, 2.05) is 6.07 Å². The molecule has 0 aliphatic rings. The average Bonchev–Trinajstić information content (AvgIpc) is 2.59. The van der Waals surface area contributed by atoms with Crippen LogP contribution < -0.4 is 0 Å². The van der Waals surface area contributed by atoms with Crippen LogP contribution in [0.4, 0.5) is 4.39 Å². The summed E-state index contributed by atoms with van der Waals surface area (Å²) in [5.74, 6) is -1.02. The number of halogens is 1. The maximum Gasteiger partial charge on any atom is 0.336 e. The minimum atomic E-state index is -1.52. The Bertz CT molecular complexity index is 552. The molecule has 0 fully saturated rings. The molecule has 1 N–H and O–H groups in total. The quantitative estimate of drug-likeness (QED) is 0.863. The average molecular weight is 238 g/mol. The molecule has 0 unspecified atom stereocenters. The van der Waals surface area contributed by atoms with E-state index >= 15 is 0 Å². The summed E-state index contributed by atoms with van der Waals surface area (Å²) in [6.45, 7) is 2.88. The number of hydrogen-bond acceptors (Lipinski definition) is 2. The summed E-state index contributed by atoms with van der Waals surface area (Å²) in [4.78, 5) is 11.1. The second-order valence-electron chi connectivity index (χ2n) is 4.11. The number of aromatic carboxylic acids is 1.